The number of rotatable bonds is 10. The van der Waals surface area contributed by atoms with E-state index in [2.05, 4.69) is 26.9 Å². The molecule has 2 aliphatic rings. The molecule has 1 aliphatic carbocycles. The predicted molar refractivity (Wildman–Crippen MR) is 124 cm³/mol. The fourth-order valence-electron chi connectivity index (χ4n) is 4.92. The van der Waals surface area contributed by atoms with Crippen molar-refractivity contribution in [3.8, 4) is 0 Å². The van der Waals surface area contributed by atoms with E-state index in [4.69, 9.17) is 9.47 Å². The van der Waals surface area contributed by atoms with Gasteiger partial charge in [0.15, 0.2) is 0 Å². The molecule has 0 aromatic carbocycles. The van der Waals surface area contributed by atoms with Gasteiger partial charge in [-0.05, 0) is 51.0 Å². The number of hydrogen-bond acceptors (Lipinski definition) is 7. The smallest absolute Gasteiger partial charge is 0.214 e. The van der Waals surface area contributed by atoms with Crippen molar-refractivity contribution in [2.75, 3.05) is 50.6 Å². The maximum atomic E-state index is 13.0. The topological polar surface area (TPSA) is 101 Å². The van der Waals surface area contributed by atoms with Gasteiger partial charge in [-0.1, -0.05) is 0 Å². The minimum absolute atomic E-state index is 0.0206. The molecule has 1 saturated heterocycles. The molecule has 4 rings (SSSR count). The van der Waals surface area contributed by atoms with E-state index in [-0.39, 0.29) is 17.8 Å². The van der Waals surface area contributed by atoms with Crippen LogP contribution in [0, 0.1) is 5.92 Å². The summed E-state index contributed by atoms with van der Waals surface area (Å²) in [6.07, 6.45) is 7.97. The molecule has 2 fully saturated rings. The van der Waals surface area contributed by atoms with Crippen molar-refractivity contribution >= 4 is 26.9 Å². The average molecular weight is 466 g/mol. The summed E-state index contributed by atoms with van der Waals surface area (Å²) in [5.74, 6) is 1.38. The fourth-order valence-corrected chi connectivity index (χ4v) is 6.84. The Kier molecular flexibility index (Phi) is 7.65. The lowest BCUT2D eigenvalue weighted by Gasteiger charge is -2.35. The van der Waals surface area contributed by atoms with Gasteiger partial charge >= 0.3 is 0 Å². The minimum Gasteiger partial charge on any atom is -0.379 e. The number of hydrogen-bond donors (Lipinski definition) is 1. The van der Waals surface area contributed by atoms with E-state index in [1.807, 2.05) is 19.2 Å². The molecule has 1 saturated carbocycles. The number of aromatic nitrogens is 3. The molecule has 0 spiro atoms. The van der Waals surface area contributed by atoms with Crippen LogP contribution in [0.15, 0.2) is 18.6 Å². The molecule has 1 N–H and O–H groups in total. The third kappa shape index (κ3) is 5.41. The van der Waals surface area contributed by atoms with Gasteiger partial charge in [0.25, 0.3) is 0 Å². The van der Waals surface area contributed by atoms with E-state index in [1.165, 1.54) is 0 Å². The van der Waals surface area contributed by atoms with Gasteiger partial charge in [0.2, 0.25) is 10.0 Å². The van der Waals surface area contributed by atoms with Gasteiger partial charge in [0.05, 0.1) is 30.5 Å². The van der Waals surface area contributed by atoms with Crippen molar-refractivity contribution in [2.45, 2.75) is 51.2 Å². The van der Waals surface area contributed by atoms with Gasteiger partial charge < -0.3 is 19.4 Å². The van der Waals surface area contributed by atoms with E-state index in [1.54, 1.807) is 10.6 Å². The first-order valence-electron chi connectivity index (χ1n) is 11.7. The molecule has 1 atom stereocenters. The highest BCUT2D eigenvalue weighted by Crippen LogP contribution is 2.32. The summed E-state index contributed by atoms with van der Waals surface area (Å²) in [4.78, 5) is 14.1. The summed E-state index contributed by atoms with van der Waals surface area (Å²) in [6.45, 7) is 4.72. The monoisotopic (exact) mass is 465 g/mol. The second-order valence-corrected chi connectivity index (χ2v) is 10.9. The van der Waals surface area contributed by atoms with E-state index in [0.29, 0.717) is 39.0 Å². The van der Waals surface area contributed by atoms with Crippen LogP contribution >= 0.6 is 0 Å². The lowest BCUT2D eigenvalue weighted by molar-refractivity contribution is 0.0143. The van der Waals surface area contributed by atoms with Gasteiger partial charge in [-0.2, -0.15) is 4.31 Å². The van der Waals surface area contributed by atoms with Gasteiger partial charge in [-0.3, -0.25) is 0 Å². The Labute approximate surface area is 190 Å². The van der Waals surface area contributed by atoms with Gasteiger partial charge in [0.1, 0.15) is 17.8 Å². The van der Waals surface area contributed by atoms with Crippen LogP contribution in [-0.2, 0) is 19.5 Å². The molecule has 1 aliphatic heterocycles. The Morgan fingerprint density at radius 3 is 2.78 bits per heavy atom. The summed E-state index contributed by atoms with van der Waals surface area (Å²) < 4.78 is 38.7. The Balaban J connectivity index is 1.26. The highest BCUT2D eigenvalue weighted by molar-refractivity contribution is 7.89. The average Bonchev–Trinajstić information content (AvgIpc) is 3.46. The van der Waals surface area contributed by atoms with Crippen LogP contribution < -0.4 is 4.90 Å². The minimum atomic E-state index is -3.26. The molecule has 3 heterocycles. The number of sulfonamides is 1. The van der Waals surface area contributed by atoms with E-state index >= 15 is 0 Å². The molecule has 0 unspecified atom stereocenters. The molecule has 0 amide bonds. The highest BCUT2D eigenvalue weighted by atomic mass is 32.2. The summed E-state index contributed by atoms with van der Waals surface area (Å²) in [5.41, 5.74) is 0.840. The normalized spacial score (nSPS) is 24.9. The molecule has 0 radical (unpaired) electrons. The summed E-state index contributed by atoms with van der Waals surface area (Å²) in [5, 5.41) is 1.02. The molecule has 10 heteroatoms. The third-order valence-corrected chi connectivity index (χ3v) is 8.77. The zero-order valence-corrected chi connectivity index (χ0v) is 19.9. The van der Waals surface area contributed by atoms with Crippen LogP contribution in [0.1, 0.15) is 39.0 Å². The van der Waals surface area contributed by atoms with Crippen molar-refractivity contribution in [1.82, 2.24) is 19.3 Å². The fraction of sp³-hybridized carbons (Fsp3) is 0.727. The molecule has 0 bridgehead atoms. The van der Waals surface area contributed by atoms with E-state index in [0.717, 1.165) is 49.0 Å². The number of ether oxygens (including phenoxy) is 2. The Morgan fingerprint density at radius 1 is 1.19 bits per heavy atom. The molecule has 32 heavy (non-hydrogen) atoms. The zero-order valence-electron chi connectivity index (χ0n) is 19.1. The summed E-state index contributed by atoms with van der Waals surface area (Å²) in [7, 11) is -1.18. The number of nitrogens with one attached hydrogen (secondary N) is 1. The molecule has 2 aromatic heterocycles. The number of nitrogens with zero attached hydrogens (tertiary/aromatic N) is 4. The van der Waals surface area contributed by atoms with Gasteiger partial charge in [0, 0.05) is 39.0 Å². The number of aromatic amines is 1. The zero-order chi connectivity index (χ0) is 22.6. The third-order valence-electron chi connectivity index (χ3n) is 6.76. The van der Waals surface area contributed by atoms with Crippen LogP contribution in [0.25, 0.3) is 11.0 Å². The maximum Gasteiger partial charge on any atom is 0.214 e. The lowest BCUT2D eigenvalue weighted by Crippen LogP contribution is -2.39. The first kappa shape index (κ1) is 23.4. The van der Waals surface area contributed by atoms with Crippen LogP contribution in [0.5, 0.6) is 0 Å². The Bertz CT molecular complexity index is 974. The first-order chi connectivity index (χ1) is 15.5. The van der Waals surface area contributed by atoms with Crippen molar-refractivity contribution < 1.29 is 17.9 Å². The van der Waals surface area contributed by atoms with Crippen molar-refractivity contribution in [3.05, 3.63) is 18.6 Å². The number of H-pyrrole nitrogens is 1. The van der Waals surface area contributed by atoms with Crippen molar-refractivity contribution in [3.63, 3.8) is 0 Å². The largest absolute Gasteiger partial charge is 0.379 e. The van der Waals surface area contributed by atoms with Crippen LogP contribution in [0.3, 0.4) is 0 Å². The first-order valence-corrected chi connectivity index (χ1v) is 13.3. The second-order valence-electron chi connectivity index (χ2n) is 8.84. The summed E-state index contributed by atoms with van der Waals surface area (Å²) >= 11 is 0. The quantitative estimate of drug-likeness (QED) is 0.538. The lowest BCUT2D eigenvalue weighted by atomic mass is 9.86. The van der Waals surface area contributed by atoms with Crippen LogP contribution in [0.4, 0.5) is 5.82 Å². The number of anilines is 1. The van der Waals surface area contributed by atoms with Crippen LogP contribution in [0.2, 0.25) is 0 Å². The summed E-state index contributed by atoms with van der Waals surface area (Å²) in [6, 6.07) is 2.36. The van der Waals surface area contributed by atoms with Gasteiger partial charge in [-0.25, -0.2) is 18.4 Å². The molecule has 178 valence electrons. The maximum absolute atomic E-state index is 13.0. The predicted octanol–water partition coefficient (Wildman–Crippen LogP) is 2.41. The van der Waals surface area contributed by atoms with Crippen molar-refractivity contribution in [2.24, 2.45) is 5.92 Å². The van der Waals surface area contributed by atoms with E-state index in [9.17, 15) is 8.42 Å². The highest BCUT2D eigenvalue weighted by Gasteiger charge is 2.35. The number of fused-ring (bicyclic) bond motifs is 1. The van der Waals surface area contributed by atoms with Crippen molar-refractivity contribution in [1.29, 1.82) is 0 Å². The van der Waals surface area contributed by atoms with Crippen LogP contribution in [-0.4, -0.2) is 85.5 Å². The Hall–Kier alpha value is -1.75. The molecular weight excluding hydrogens is 430 g/mol. The Morgan fingerprint density at radius 2 is 2.00 bits per heavy atom. The molecule has 2 aromatic rings. The standard InChI is InChI=1S/C22H35N5O4S/c1-3-30-12-13-31-19-9-11-27(14-19)32(28,29)15-17-4-6-18(7-5-17)26(2)22-20-8-10-23-21(20)24-16-25-22/h8,10,16-19H,3-7,9,11-15H2,1-2H3,(H,23,24,25)/t17-,18-,19-/m1/s1. The SMILES string of the molecule is CCOCCO[C@@H]1CCN(S(=O)(=O)C[C@H]2CC[C@H](N(C)c3ncnc4[nH]ccc34)CC2)C1. The molecular formula is C22H35N5O4S. The molecule has 9 nitrogen and oxygen atoms in total. The second kappa shape index (κ2) is 10.5. The van der Waals surface area contributed by atoms with E-state index < -0.39 is 10.0 Å². The van der Waals surface area contributed by atoms with Gasteiger partial charge in [-0.15, -0.1) is 0 Å².